The number of piperazine rings is 1. The maximum Gasteiger partial charge on any atom is 0.222 e. The molecular formula is C24H24ClN7O. The fraction of sp³-hybridized carbons (Fsp3) is 0.292. The third-order valence-corrected chi connectivity index (χ3v) is 6.17. The van der Waals surface area contributed by atoms with Crippen molar-refractivity contribution in [1.82, 2.24) is 29.9 Å². The highest BCUT2D eigenvalue weighted by Crippen LogP contribution is 2.24. The topological polar surface area (TPSA) is 80.0 Å². The van der Waals surface area contributed by atoms with Crippen LogP contribution in [0.3, 0.4) is 0 Å². The SMILES string of the molecule is O=C(CCCc1ccccc1)N1CCN(c2ncnc3c2nnn3-c2ccc(Cl)cc2)CC1. The molecule has 3 heterocycles. The van der Waals surface area contributed by atoms with Gasteiger partial charge < -0.3 is 9.80 Å². The molecule has 33 heavy (non-hydrogen) atoms. The Morgan fingerprint density at radius 1 is 0.939 bits per heavy atom. The molecule has 0 N–H and O–H groups in total. The Bertz CT molecular complexity index is 1230. The number of fused-ring (bicyclic) bond motifs is 1. The largest absolute Gasteiger partial charge is 0.351 e. The number of hydrogen-bond donors (Lipinski definition) is 0. The number of carbonyl (C=O) groups excluding carboxylic acids is 1. The molecule has 0 bridgehead atoms. The summed E-state index contributed by atoms with van der Waals surface area (Å²) in [4.78, 5) is 25.7. The number of hydrogen-bond acceptors (Lipinski definition) is 6. The Balaban J connectivity index is 1.22. The maximum atomic E-state index is 12.7. The summed E-state index contributed by atoms with van der Waals surface area (Å²) in [7, 11) is 0. The number of benzene rings is 2. The van der Waals surface area contributed by atoms with Gasteiger partial charge in [0.25, 0.3) is 0 Å². The standard InChI is InChI=1S/C24H24ClN7O/c25-19-9-11-20(12-10-19)32-24-22(28-29-32)23(26-17-27-24)31-15-13-30(14-16-31)21(33)8-4-7-18-5-2-1-3-6-18/h1-3,5-6,9-12,17H,4,7-8,13-16H2. The maximum absolute atomic E-state index is 12.7. The first-order valence-electron chi connectivity index (χ1n) is 11.1. The molecule has 0 aliphatic carbocycles. The van der Waals surface area contributed by atoms with Gasteiger partial charge in [-0.2, -0.15) is 4.68 Å². The molecule has 1 aliphatic heterocycles. The van der Waals surface area contributed by atoms with Crippen molar-refractivity contribution in [3.63, 3.8) is 0 Å². The van der Waals surface area contributed by atoms with E-state index >= 15 is 0 Å². The minimum absolute atomic E-state index is 0.215. The summed E-state index contributed by atoms with van der Waals surface area (Å²) in [6, 6.07) is 17.7. The van der Waals surface area contributed by atoms with Gasteiger partial charge in [-0.1, -0.05) is 47.1 Å². The molecule has 1 saturated heterocycles. The Morgan fingerprint density at radius 2 is 1.70 bits per heavy atom. The van der Waals surface area contributed by atoms with Crippen molar-refractivity contribution >= 4 is 34.5 Å². The second kappa shape index (κ2) is 9.54. The molecule has 5 rings (SSSR count). The van der Waals surface area contributed by atoms with E-state index in [2.05, 4.69) is 37.3 Å². The zero-order valence-electron chi connectivity index (χ0n) is 18.1. The van der Waals surface area contributed by atoms with Gasteiger partial charge in [0.15, 0.2) is 17.0 Å². The lowest BCUT2D eigenvalue weighted by Gasteiger charge is -2.35. The predicted octanol–water partition coefficient (Wildman–Crippen LogP) is 3.54. The normalized spacial score (nSPS) is 14.1. The molecule has 0 spiro atoms. The van der Waals surface area contributed by atoms with Crippen molar-refractivity contribution in [2.24, 2.45) is 0 Å². The van der Waals surface area contributed by atoms with Gasteiger partial charge in [0, 0.05) is 37.6 Å². The second-order valence-corrected chi connectivity index (χ2v) is 8.49. The fourth-order valence-electron chi connectivity index (χ4n) is 4.14. The van der Waals surface area contributed by atoms with Crippen LogP contribution < -0.4 is 4.90 Å². The lowest BCUT2D eigenvalue weighted by Crippen LogP contribution is -2.49. The molecule has 2 aromatic carbocycles. The van der Waals surface area contributed by atoms with E-state index in [1.54, 1.807) is 4.68 Å². The van der Waals surface area contributed by atoms with Crippen molar-refractivity contribution in [3.8, 4) is 5.69 Å². The van der Waals surface area contributed by atoms with Crippen molar-refractivity contribution in [2.75, 3.05) is 31.1 Å². The quantitative estimate of drug-likeness (QED) is 0.437. The van der Waals surface area contributed by atoms with Crippen LogP contribution in [0.2, 0.25) is 5.02 Å². The summed E-state index contributed by atoms with van der Waals surface area (Å²) in [5.41, 5.74) is 3.39. The van der Waals surface area contributed by atoms with Gasteiger partial charge in [0.05, 0.1) is 5.69 Å². The number of aromatic nitrogens is 5. The van der Waals surface area contributed by atoms with E-state index in [1.807, 2.05) is 47.4 Å². The molecule has 2 aromatic heterocycles. The van der Waals surface area contributed by atoms with Crippen LogP contribution in [-0.4, -0.2) is 61.9 Å². The van der Waals surface area contributed by atoms with Crippen LogP contribution in [-0.2, 0) is 11.2 Å². The van der Waals surface area contributed by atoms with Crippen molar-refractivity contribution in [3.05, 3.63) is 71.5 Å². The van der Waals surface area contributed by atoms with Gasteiger partial charge in [0.2, 0.25) is 5.91 Å². The Labute approximate surface area is 196 Å². The molecule has 168 valence electrons. The summed E-state index contributed by atoms with van der Waals surface area (Å²) in [6.07, 6.45) is 3.90. The van der Waals surface area contributed by atoms with Gasteiger partial charge in [-0.25, -0.2) is 9.97 Å². The summed E-state index contributed by atoms with van der Waals surface area (Å²) in [5.74, 6) is 0.962. The molecule has 1 fully saturated rings. The third-order valence-electron chi connectivity index (χ3n) is 5.92. The van der Waals surface area contributed by atoms with Gasteiger partial charge in [-0.3, -0.25) is 4.79 Å². The van der Waals surface area contributed by atoms with Crippen LogP contribution in [0, 0.1) is 0 Å². The highest BCUT2D eigenvalue weighted by molar-refractivity contribution is 6.30. The minimum atomic E-state index is 0.215. The first-order valence-corrected chi connectivity index (χ1v) is 11.5. The molecule has 4 aromatic rings. The number of carbonyl (C=O) groups is 1. The van der Waals surface area contributed by atoms with E-state index in [9.17, 15) is 4.79 Å². The molecule has 1 aliphatic rings. The van der Waals surface area contributed by atoms with E-state index in [4.69, 9.17) is 11.6 Å². The van der Waals surface area contributed by atoms with Crippen LogP contribution in [0.15, 0.2) is 60.9 Å². The fourth-order valence-corrected chi connectivity index (χ4v) is 4.26. The van der Waals surface area contributed by atoms with E-state index in [1.165, 1.54) is 11.9 Å². The number of rotatable bonds is 6. The third kappa shape index (κ3) is 4.66. The number of anilines is 1. The molecule has 0 radical (unpaired) electrons. The number of aryl methyl sites for hydroxylation is 1. The lowest BCUT2D eigenvalue weighted by atomic mass is 10.1. The van der Waals surface area contributed by atoms with Crippen molar-refractivity contribution in [2.45, 2.75) is 19.3 Å². The second-order valence-electron chi connectivity index (χ2n) is 8.05. The van der Waals surface area contributed by atoms with Crippen LogP contribution in [0.25, 0.3) is 16.9 Å². The van der Waals surface area contributed by atoms with Crippen LogP contribution in [0.1, 0.15) is 18.4 Å². The van der Waals surface area contributed by atoms with Gasteiger partial charge >= 0.3 is 0 Å². The van der Waals surface area contributed by atoms with Gasteiger partial charge in [-0.05, 0) is 42.7 Å². The molecule has 0 atom stereocenters. The highest BCUT2D eigenvalue weighted by Gasteiger charge is 2.24. The number of halogens is 1. The van der Waals surface area contributed by atoms with E-state index < -0.39 is 0 Å². The molecule has 1 amide bonds. The summed E-state index contributed by atoms with van der Waals surface area (Å²) < 4.78 is 1.68. The molecule has 8 nitrogen and oxygen atoms in total. The number of amides is 1. The van der Waals surface area contributed by atoms with E-state index in [-0.39, 0.29) is 5.91 Å². The molecule has 0 unspecified atom stereocenters. The Kier molecular flexibility index (Phi) is 6.17. The van der Waals surface area contributed by atoms with E-state index in [0.717, 1.165) is 24.3 Å². The Hall–Kier alpha value is -3.52. The van der Waals surface area contributed by atoms with Crippen LogP contribution >= 0.6 is 11.6 Å². The lowest BCUT2D eigenvalue weighted by molar-refractivity contribution is -0.131. The summed E-state index contributed by atoms with van der Waals surface area (Å²) in [6.45, 7) is 2.73. The first-order chi connectivity index (χ1) is 16.2. The minimum Gasteiger partial charge on any atom is -0.351 e. The van der Waals surface area contributed by atoms with Crippen LogP contribution in [0.5, 0.6) is 0 Å². The van der Waals surface area contributed by atoms with Crippen molar-refractivity contribution < 1.29 is 4.79 Å². The highest BCUT2D eigenvalue weighted by atomic mass is 35.5. The average molecular weight is 462 g/mol. The van der Waals surface area contributed by atoms with E-state index in [0.29, 0.717) is 48.8 Å². The monoisotopic (exact) mass is 461 g/mol. The first kappa shape index (κ1) is 21.3. The van der Waals surface area contributed by atoms with Crippen LogP contribution in [0.4, 0.5) is 5.82 Å². The molecular weight excluding hydrogens is 438 g/mol. The van der Waals surface area contributed by atoms with Crippen molar-refractivity contribution in [1.29, 1.82) is 0 Å². The smallest absolute Gasteiger partial charge is 0.222 e. The Morgan fingerprint density at radius 3 is 2.45 bits per heavy atom. The number of nitrogens with zero attached hydrogens (tertiary/aromatic N) is 7. The zero-order chi connectivity index (χ0) is 22.6. The molecule has 9 heteroatoms. The predicted molar refractivity (Wildman–Crippen MR) is 128 cm³/mol. The van der Waals surface area contributed by atoms with Gasteiger partial charge in [-0.15, -0.1) is 5.10 Å². The summed E-state index contributed by atoms with van der Waals surface area (Å²) >= 11 is 6.00. The average Bonchev–Trinajstić information content (AvgIpc) is 3.30. The molecule has 0 saturated carbocycles. The summed E-state index contributed by atoms with van der Waals surface area (Å²) in [5, 5.41) is 9.29. The zero-order valence-corrected chi connectivity index (χ0v) is 18.9. The van der Waals surface area contributed by atoms with Gasteiger partial charge in [0.1, 0.15) is 6.33 Å².